The van der Waals surface area contributed by atoms with E-state index in [4.69, 9.17) is 0 Å². The van der Waals surface area contributed by atoms with Gasteiger partial charge in [0.25, 0.3) is 0 Å². The van der Waals surface area contributed by atoms with Crippen molar-refractivity contribution in [1.82, 2.24) is 0 Å². The fourth-order valence-corrected chi connectivity index (χ4v) is 5.57. The van der Waals surface area contributed by atoms with Gasteiger partial charge in [0.2, 0.25) is 0 Å². The van der Waals surface area contributed by atoms with Gasteiger partial charge in [-0.05, 0) is 61.2 Å². The summed E-state index contributed by atoms with van der Waals surface area (Å²) in [5.74, 6) is 3.67. The number of hydrogen-bond acceptors (Lipinski definition) is 0. The van der Waals surface area contributed by atoms with Crippen LogP contribution in [0.5, 0.6) is 0 Å². The van der Waals surface area contributed by atoms with Gasteiger partial charge in [0.05, 0.1) is 0 Å². The van der Waals surface area contributed by atoms with Crippen LogP contribution in [0.25, 0.3) is 0 Å². The highest BCUT2D eigenvalue weighted by Gasteiger charge is 2.49. The molecule has 0 aromatic rings. The van der Waals surface area contributed by atoms with Gasteiger partial charge in [-0.15, -0.1) is 0 Å². The lowest BCUT2D eigenvalue weighted by atomic mass is 9.50. The van der Waals surface area contributed by atoms with E-state index in [0.29, 0.717) is 10.8 Å². The number of allylic oxidation sites excluding steroid dienone is 4. The minimum absolute atomic E-state index is 0.354. The summed E-state index contributed by atoms with van der Waals surface area (Å²) in [6.07, 6.45) is 14.6. The largest absolute Gasteiger partial charge is 0.0868 e. The van der Waals surface area contributed by atoms with Gasteiger partial charge in [-0.2, -0.15) is 0 Å². The molecule has 1 saturated carbocycles. The monoisotopic (exact) mass is 272 g/mol. The molecule has 0 saturated heterocycles. The van der Waals surface area contributed by atoms with Crippen molar-refractivity contribution in [3.8, 4) is 0 Å². The first kappa shape index (κ1) is 14.4. The zero-order valence-corrected chi connectivity index (χ0v) is 14.1. The Balaban J connectivity index is 1.92. The number of rotatable bonds is 1. The van der Waals surface area contributed by atoms with Crippen LogP contribution < -0.4 is 0 Å². The standard InChI is InChI=1S/C20H32/c1-14(2)15-7-9-17-16(13-15)8-10-18-19(3,4)11-6-12-20(17,18)5/h6,10,12,14-17H,7-9,11,13H2,1-5H3/t15-,16-,17-,20+/m0/s1. The topological polar surface area (TPSA) is 0 Å². The van der Waals surface area contributed by atoms with Crippen molar-refractivity contribution in [1.29, 1.82) is 0 Å². The normalized spacial score (nSPS) is 42.9. The average Bonchev–Trinajstić information content (AvgIpc) is 2.37. The van der Waals surface area contributed by atoms with Crippen molar-refractivity contribution >= 4 is 0 Å². The van der Waals surface area contributed by atoms with E-state index in [2.05, 4.69) is 52.8 Å². The molecule has 3 aliphatic carbocycles. The summed E-state index contributed by atoms with van der Waals surface area (Å²) in [5.41, 5.74) is 2.48. The summed E-state index contributed by atoms with van der Waals surface area (Å²) in [5, 5.41) is 0. The lowest BCUT2D eigenvalue weighted by molar-refractivity contribution is 0.0643. The second-order valence-electron chi connectivity index (χ2n) is 8.81. The molecule has 4 atom stereocenters. The second kappa shape index (κ2) is 4.75. The molecule has 20 heavy (non-hydrogen) atoms. The smallest absolute Gasteiger partial charge is 0.00989 e. The lowest BCUT2D eigenvalue weighted by Crippen LogP contribution is -2.45. The van der Waals surface area contributed by atoms with Gasteiger partial charge in [0, 0.05) is 5.41 Å². The van der Waals surface area contributed by atoms with E-state index < -0.39 is 0 Å². The van der Waals surface area contributed by atoms with Crippen molar-refractivity contribution in [3.63, 3.8) is 0 Å². The molecule has 0 bridgehead atoms. The zero-order chi connectivity index (χ0) is 14.5. The van der Waals surface area contributed by atoms with Crippen LogP contribution in [0.1, 0.15) is 66.7 Å². The maximum absolute atomic E-state index is 2.63. The van der Waals surface area contributed by atoms with E-state index in [0.717, 1.165) is 23.7 Å². The Bertz CT molecular complexity index is 437. The highest BCUT2D eigenvalue weighted by molar-refractivity contribution is 5.35. The Morgan fingerprint density at radius 1 is 1.15 bits per heavy atom. The van der Waals surface area contributed by atoms with E-state index >= 15 is 0 Å². The molecule has 1 fully saturated rings. The van der Waals surface area contributed by atoms with Crippen LogP contribution in [0, 0.1) is 34.5 Å². The number of hydrogen-bond donors (Lipinski definition) is 0. The third kappa shape index (κ3) is 2.11. The predicted molar refractivity (Wildman–Crippen MR) is 87.5 cm³/mol. The first-order valence-electron chi connectivity index (χ1n) is 8.73. The molecule has 0 radical (unpaired) electrons. The molecule has 0 aromatic carbocycles. The first-order chi connectivity index (χ1) is 9.34. The van der Waals surface area contributed by atoms with Crippen LogP contribution in [-0.4, -0.2) is 0 Å². The van der Waals surface area contributed by atoms with Crippen LogP contribution in [-0.2, 0) is 0 Å². The molecule has 0 amide bonds. The van der Waals surface area contributed by atoms with Gasteiger partial charge in [-0.3, -0.25) is 0 Å². The Labute approximate surface area is 125 Å². The quantitative estimate of drug-likeness (QED) is 0.514. The van der Waals surface area contributed by atoms with Gasteiger partial charge in [0.15, 0.2) is 0 Å². The Kier molecular flexibility index (Phi) is 3.42. The summed E-state index contributed by atoms with van der Waals surface area (Å²) in [4.78, 5) is 0. The van der Waals surface area contributed by atoms with Crippen molar-refractivity contribution in [3.05, 3.63) is 23.8 Å². The molecule has 0 heteroatoms. The van der Waals surface area contributed by atoms with Crippen LogP contribution in [0.3, 0.4) is 0 Å². The summed E-state index contributed by atoms with van der Waals surface area (Å²) in [7, 11) is 0. The van der Waals surface area contributed by atoms with Crippen molar-refractivity contribution in [2.75, 3.05) is 0 Å². The molecular formula is C20H32. The third-order valence-corrected chi connectivity index (χ3v) is 6.76. The van der Waals surface area contributed by atoms with E-state index in [1.807, 2.05) is 0 Å². The van der Waals surface area contributed by atoms with E-state index in [1.54, 1.807) is 5.57 Å². The maximum atomic E-state index is 2.63. The minimum Gasteiger partial charge on any atom is -0.0868 e. The molecule has 3 rings (SSSR count). The third-order valence-electron chi connectivity index (χ3n) is 6.76. The highest BCUT2D eigenvalue weighted by Crippen LogP contribution is 2.59. The van der Waals surface area contributed by atoms with Crippen LogP contribution in [0.15, 0.2) is 23.8 Å². The Hall–Kier alpha value is -0.520. The summed E-state index contributed by atoms with van der Waals surface area (Å²) in [6, 6.07) is 0. The molecule has 0 spiro atoms. The molecule has 112 valence electrons. The lowest BCUT2D eigenvalue weighted by Gasteiger charge is -2.54. The van der Waals surface area contributed by atoms with Gasteiger partial charge in [-0.25, -0.2) is 0 Å². The van der Waals surface area contributed by atoms with Gasteiger partial charge in [-0.1, -0.05) is 58.4 Å². The van der Waals surface area contributed by atoms with Crippen molar-refractivity contribution < 1.29 is 0 Å². The van der Waals surface area contributed by atoms with Crippen molar-refractivity contribution in [2.24, 2.45) is 34.5 Å². The minimum atomic E-state index is 0.354. The Morgan fingerprint density at radius 3 is 2.60 bits per heavy atom. The van der Waals surface area contributed by atoms with Crippen LogP contribution >= 0.6 is 0 Å². The molecule has 0 aromatic heterocycles. The van der Waals surface area contributed by atoms with Gasteiger partial charge in [0.1, 0.15) is 0 Å². The van der Waals surface area contributed by atoms with Crippen molar-refractivity contribution in [2.45, 2.75) is 66.7 Å². The average molecular weight is 272 g/mol. The van der Waals surface area contributed by atoms with E-state index in [-0.39, 0.29) is 0 Å². The molecule has 0 nitrogen and oxygen atoms in total. The van der Waals surface area contributed by atoms with Gasteiger partial charge < -0.3 is 0 Å². The second-order valence-corrected chi connectivity index (χ2v) is 8.81. The summed E-state index contributed by atoms with van der Waals surface area (Å²) < 4.78 is 0. The van der Waals surface area contributed by atoms with Crippen LogP contribution in [0.4, 0.5) is 0 Å². The molecule has 0 aliphatic heterocycles. The Morgan fingerprint density at radius 2 is 1.90 bits per heavy atom. The maximum Gasteiger partial charge on any atom is 0.00989 e. The highest BCUT2D eigenvalue weighted by atomic mass is 14.5. The summed E-state index contributed by atoms with van der Waals surface area (Å²) >= 11 is 0. The number of fused-ring (bicyclic) bond motifs is 3. The zero-order valence-electron chi connectivity index (χ0n) is 14.1. The van der Waals surface area contributed by atoms with Crippen LogP contribution in [0.2, 0.25) is 0 Å². The van der Waals surface area contributed by atoms with E-state index in [1.165, 1.54) is 32.1 Å². The SMILES string of the molecule is CC(C)[C@H]1CC[C@H]2[C@@H](CC=C3C(C)(C)CC=C[C@@]32C)C1. The van der Waals surface area contributed by atoms with Gasteiger partial charge >= 0.3 is 0 Å². The van der Waals surface area contributed by atoms with E-state index in [9.17, 15) is 0 Å². The first-order valence-corrected chi connectivity index (χ1v) is 8.73. The molecule has 0 heterocycles. The fraction of sp³-hybridized carbons (Fsp3) is 0.800. The molecular weight excluding hydrogens is 240 g/mol. The molecule has 0 N–H and O–H groups in total. The molecule has 0 unspecified atom stereocenters. The fourth-order valence-electron chi connectivity index (χ4n) is 5.57. The summed E-state index contributed by atoms with van der Waals surface area (Å²) in [6.45, 7) is 12.3. The predicted octanol–water partition coefficient (Wildman–Crippen LogP) is 6.00. The molecule has 3 aliphatic rings.